The minimum atomic E-state index is -4.39. The Morgan fingerprint density at radius 1 is 1.25 bits per heavy atom. The summed E-state index contributed by atoms with van der Waals surface area (Å²) in [5.74, 6) is -0.661. The molecular weight excluding hydrogens is 279 g/mol. The fourth-order valence-electron chi connectivity index (χ4n) is 2.81. The predicted molar refractivity (Wildman–Crippen MR) is 61.4 cm³/mol. The number of nitrogens with zero attached hydrogens (tertiary/aromatic N) is 2. The molecule has 0 bridgehead atoms. The highest BCUT2D eigenvalue weighted by Crippen LogP contribution is 2.45. The van der Waals surface area contributed by atoms with Gasteiger partial charge in [-0.05, 0) is 31.6 Å². The van der Waals surface area contributed by atoms with Crippen molar-refractivity contribution in [2.24, 2.45) is 11.8 Å². The van der Waals surface area contributed by atoms with Crippen LogP contribution < -0.4 is 0 Å². The average molecular weight is 294 g/mol. The van der Waals surface area contributed by atoms with E-state index < -0.39 is 24.1 Å². The predicted octanol–water partition coefficient (Wildman–Crippen LogP) is 4.07. The molecule has 2 aliphatic rings. The van der Waals surface area contributed by atoms with Crippen LogP contribution in [0.25, 0.3) is 0 Å². The van der Waals surface area contributed by atoms with Gasteiger partial charge in [-0.25, -0.2) is 8.78 Å². The third-order valence-electron chi connectivity index (χ3n) is 4.13. The first kappa shape index (κ1) is 13.8. The minimum Gasteiger partial charge on any atom is -0.272 e. The number of aromatic nitrogens is 2. The quantitative estimate of drug-likeness (QED) is 0.765. The van der Waals surface area contributed by atoms with Gasteiger partial charge in [-0.2, -0.15) is 18.3 Å². The van der Waals surface area contributed by atoms with Crippen LogP contribution in [0.3, 0.4) is 0 Å². The molecule has 2 saturated carbocycles. The maximum atomic E-state index is 12.9. The molecule has 2 nitrogen and oxygen atoms in total. The first-order valence-corrected chi connectivity index (χ1v) is 6.77. The number of alkyl halides is 5. The van der Waals surface area contributed by atoms with E-state index in [1.165, 1.54) is 4.68 Å². The van der Waals surface area contributed by atoms with Crippen LogP contribution in [0.15, 0.2) is 6.20 Å². The van der Waals surface area contributed by atoms with Crippen molar-refractivity contribution in [3.05, 3.63) is 17.5 Å². The average Bonchev–Trinajstić information content (AvgIpc) is 3.02. The van der Waals surface area contributed by atoms with Gasteiger partial charge < -0.3 is 0 Å². The first-order chi connectivity index (χ1) is 9.34. The molecule has 0 unspecified atom stereocenters. The van der Waals surface area contributed by atoms with E-state index in [-0.39, 0.29) is 17.5 Å². The Balaban J connectivity index is 1.69. The summed E-state index contributed by atoms with van der Waals surface area (Å²) in [5, 5.41) is 4.04. The molecule has 0 spiro atoms. The fraction of sp³-hybridized carbons (Fsp3) is 0.769. The van der Waals surface area contributed by atoms with E-state index in [0.29, 0.717) is 19.4 Å². The highest BCUT2D eigenvalue weighted by molar-refractivity contribution is 5.27. The van der Waals surface area contributed by atoms with Crippen molar-refractivity contribution in [1.82, 2.24) is 9.78 Å². The molecule has 0 amide bonds. The standard InChI is InChI=1S/C13H15F5N2/c14-12(15)9-3-7(4-9)5-20-6-10(13(16,17)18)11(19-20)8-1-2-8/h6-9,12H,1-5H2. The lowest BCUT2D eigenvalue weighted by Gasteiger charge is -2.34. The molecule has 0 aromatic carbocycles. The van der Waals surface area contributed by atoms with Crippen LogP contribution in [0.2, 0.25) is 0 Å². The molecule has 2 fully saturated rings. The van der Waals surface area contributed by atoms with Gasteiger partial charge in [0, 0.05) is 24.6 Å². The van der Waals surface area contributed by atoms with Crippen LogP contribution in [0.5, 0.6) is 0 Å². The van der Waals surface area contributed by atoms with Crippen LogP contribution in [0, 0.1) is 11.8 Å². The Kier molecular flexibility index (Phi) is 3.25. The number of hydrogen-bond acceptors (Lipinski definition) is 1. The minimum absolute atomic E-state index is 0.0158. The lowest BCUT2D eigenvalue weighted by molar-refractivity contribution is -0.138. The van der Waals surface area contributed by atoms with E-state index in [9.17, 15) is 22.0 Å². The fourth-order valence-corrected chi connectivity index (χ4v) is 2.81. The zero-order valence-electron chi connectivity index (χ0n) is 10.7. The highest BCUT2D eigenvalue weighted by Gasteiger charge is 2.42. The van der Waals surface area contributed by atoms with Crippen LogP contribution in [-0.2, 0) is 12.7 Å². The smallest absolute Gasteiger partial charge is 0.272 e. The Labute approximate surface area is 113 Å². The monoisotopic (exact) mass is 294 g/mol. The number of hydrogen-bond donors (Lipinski definition) is 0. The second-order valence-corrected chi connectivity index (χ2v) is 5.85. The van der Waals surface area contributed by atoms with Crippen LogP contribution in [0.4, 0.5) is 22.0 Å². The van der Waals surface area contributed by atoms with Gasteiger partial charge in [0.25, 0.3) is 0 Å². The molecule has 1 aromatic heterocycles. The summed E-state index contributed by atoms with van der Waals surface area (Å²) in [6.07, 6.45) is -3.44. The van der Waals surface area contributed by atoms with Gasteiger partial charge in [0.2, 0.25) is 6.43 Å². The van der Waals surface area contributed by atoms with Crippen molar-refractivity contribution in [2.45, 2.75) is 50.7 Å². The van der Waals surface area contributed by atoms with Crippen LogP contribution in [0.1, 0.15) is 42.9 Å². The summed E-state index contributed by atoms with van der Waals surface area (Å²) in [7, 11) is 0. The maximum absolute atomic E-state index is 12.9. The molecular formula is C13H15F5N2. The van der Waals surface area contributed by atoms with E-state index in [0.717, 1.165) is 19.0 Å². The van der Waals surface area contributed by atoms with Crippen molar-refractivity contribution < 1.29 is 22.0 Å². The SMILES string of the molecule is FC(F)C1CC(Cn2cc(C(F)(F)F)c(C3CC3)n2)C1. The Bertz CT molecular complexity index is 483. The maximum Gasteiger partial charge on any atom is 0.419 e. The van der Waals surface area contributed by atoms with Gasteiger partial charge in [-0.1, -0.05) is 0 Å². The Morgan fingerprint density at radius 2 is 1.90 bits per heavy atom. The Hall–Kier alpha value is -1.14. The summed E-state index contributed by atoms with van der Waals surface area (Å²) < 4.78 is 64.7. The molecule has 0 N–H and O–H groups in total. The van der Waals surface area contributed by atoms with Gasteiger partial charge in [0.1, 0.15) is 0 Å². The highest BCUT2D eigenvalue weighted by atomic mass is 19.4. The molecule has 0 saturated heterocycles. The lowest BCUT2D eigenvalue weighted by Crippen LogP contribution is -2.32. The molecule has 112 valence electrons. The van der Waals surface area contributed by atoms with Crippen molar-refractivity contribution >= 4 is 0 Å². The van der Waals surface area contributed by atoms with E-state index in [2.05, 4.69) is 5.10 Å². The molecule has 2 aliphatic carbocycles. The van der Waals surface area contributed by atoms with Gasteiger partial charge >= 0.3 is 6.18 Å². The van der Waals surface area contributed by atoms with Crippen molar-refractivity contribution in [2.75, 3.05) is 0 Å². The summed E-state index contributed by atoms with van der Waals surface area (Å²) in [6.45, 7) is 0.305. The van der Waals surface area contributed by atoms with Crippen molar-refractivity contribution in [3.63, 3.8) is 0 Å². The topological polar surface area (TPSA) is 17.8 Å². The second-order valence-electron chi connectivity index (χ2n) is 5.85. The third-order valence-corrected chi connectivity index (χ3v) is 4.13. The molecule has 1 aromatic rings. The van der Waals surface area contributed by atoms with Crippen LogP contribution in [-0.4, -0.2) is 16.2 Å². The number of halogens is 5. The molecule has 0 radical (unpaired) electrons. The van der Waals surface area contributed by atoms with Crippen LogP contribution >= 0.6 is 0 Å². The molecule has 0 aliphatic heterocycles. The Morgan fingerprint density at radius 3 is 2.40 bits per heavy atom. The van der Waals surface area contributed by atoms with E-state index in [4.69, 9.17) is 0 Å². The summed E-state index contributed by atoms with van der Waals surface area (Å²) in [5.41, 5.74) is -0.535. The zero-order valence-corrected chi connectivity index (χ0v) is 10.7. The van der Waals surface area contributed by atoms with Gasteiger partial charge in [0.15, 0.2) is 0 Å². The first-order valence-electron chi connectivity index (χ1n) is 6.77. The van der Waals surface area contributed by atoms with Crippen molar-refractivity contribution in [1.29, 1.82) is 0 Å². The number of rotatable bonds is 4. The van der Waals surface area contributed by atoms with E-state index in [1.54, 1.807) is 0 Å². The van der Waals surface area contributed by atoms with Gasteiger partial charge in [-0.3, -0.25) is 4.68 Å². The largest absolute Gasteiger partial charge is 0.419 e. The zero-order chi connectivity index (χ0) is 14.5. The second kappa shape index (κ2) is 4.70. The summed E-state index contributed by atoms with van der Waals surface area (Å²) in [6, 6.07) is 0. The van der Waals surface area contributed by atoms with E-state index >= 15 is 0 Å². The normalized spacial score (nSPS) is 26.9. The van der Waals surface area contributed by atoms with Crippen molar-refractivity contribution in [3.8, 4) is 0 Å². The molecule has 20 heavy (non-hydrogen) atoms. The molecule has 3 rings (SSSR count). The third kappa shape index (κ3) is 2.67. The van der Waals surface area contributed by atoms with E-state index in [1.807, 2.05) is 0 Å². The molecule has 7 heteroatoms. The molecule has 1 heterocycles. The van der Waals surface area contributed by atoms with Gasteiger partial charge in [0.05, 0.1) is 11.3 Å². The summed E-state index contributed by atoms with van der Waals surface area (Å²) >= 11 is 0. The summed E-state index contributed by atoms with van der Waals surface area (Å²) in [4.78, 5) is 0. The van der Waals surface area contributed by atoms with Gasteiger partial charge in [-0.15, -0.1) is 0 Å². The molecule has 0 atom stereocenters. The lowest BCUT2D eigenvalue weighted by atomic mass is 9.75.